The van der Waals surface area contributed by atoms with Crippen molar-refractivity contribution >= 4 is 6.16 Å². The van der Waals surface area contributed by atoms with Crippen molar-refractivity contribution in [2.24, 2.45) is 0 Å². The zero-order chi connectivity index (χ0) is 20.8. The van der Waals surface area contributed by atoms with Crippen molar-refractivity contribution in [3.63, 3.8) is 0 Å². The number of nitrogens with one attached hydrogen (secondary N) is 1. The van der Waals surface area contributed by atoms with Gasteiger partial charge in [-0.05, 0) is 23.6 Å². The molecule has 4 nitrogen and oxygen atoms in total. The van der Waals surface area contributed by atoms with Crippen molar-refractivity contribution in [1.82, 2.24) is 5.32 Å². The molecule has 0 spiro atoms. The first kappa shape index (κ1) is 20.2. The highest BCUT2D eigenvalue weighted by molar-refractivity contribution is 5.60. The molecule has 0 radical (unpaired) electrons. The zero-order valence-electron chi connectivity index (χ0n) is 17.2. The van der Waals surface area contributed by atoms with Gasteiger partial charge in [0.05, 0.1) is 12.0 Å². The standard InChI is InChI=1S/C26H27NO3/c1-2-29-25(28)30-23-18-24(27-19-23)26(20-12-6-3-7-13-20,21-14-8-4-9-15-21)22-16-10-5-11-17-22/h3-17,23-24,27H,2,18-19H2,1H3/t23-,24?/m1/s1. The average molecular weight is 402 g/mol. The second-order valence-corrected chi connectivity index (χ2v) is 7.53. The second kappa shape index (κ2) is 9.14. The Bertz CT molecular complexity index is 847. The predicted octanol–water partition coefficient (Wildman–Crippen LogP) is 4.92. The molecule has 0 bridgehead atoms. The van der Waals surface area contributed by atoms with E-state index in [0.29, 0.717) is 19.6 Å². The molecule has 0 aliphatic carbocycles. The SMILES string of the molecule is CCOC(=O)O[C@H]1CNC(C(c2ccccc2)(c2ccccc2)c2ccccc2)C1. The molecule has 3 aromatic rings. The van der Waals surface area contributed by atoms with Gasteiger partial charge in [0.15, 0.2) is 0 Å². The highest BCUT2D eigenvalue weighted by Gasteiger charge is 2.47. The van der Waals surface area contributed by atoms with Crippen LogP contribution in [0.2, 0.25) is 0 Å². The summed E-state index contributed by atoms with van der Waals surface area (Å²) in [5, 5.41) is 3.66. The maximum atomic E-state index is 11.9. The summed E-state index contributed by atoms with van der Waals surface area (Å²) in [6.45, 7) is 2.68. The average Bonchev–Trinajstić information content (AvgIpc) is 3.25. The third-order valence-electron chi connectivity index (χ3n) is 5.83. The molecule has 3 aromatic carbocycles. The lowest BCUT2D eigenvalue weighted by Gasteiger charge is -2.41. The molecular weight excluding hydrogens is 374 g/mol. The van der Waals surface area contributed by atoms with Crippen LogP contribution in [-0.4, -0.2) is 31.5 Å². The quantitative estimate of drug-likeness (QED) is 0.470. The first-order chi connectivity index (χ1) is 14.7. The highest BCUT2D eigenvalue weighted by Crippen LogP contribution is 2.44. The third-order valence-corrected chi connectivity index (χ3v) is 5.83. The van der Waals surface area contributed by atoms with Crippen molar-refractivity contribution in [2.45, 2.75) is 30.9 Å². The van der Waals surface area contributed by atoms with Crippen LogP contribution in [0.25, 0.3) is 0 Å². The van der Waals surface area contributed by atoms with E-state index in [1.54, 1.807) is 6.92 Å². The Balaban J connectivity index is 1.81. The topological polar surface area (TPSA) is 47.6 Å². The van der Waals surface area contributed by atoms with Crippen LogP contribution in [0.1, 0.15) is 30.0 Å². The lowest BCUT2D eigenvalue weighted by Crippen LogP contribution is -2.47. The minimum absolute atomic E-state index is 0.0455. The van der Waals surface area contributed by atoms with Gasteiger partial charge in [-0.25, -0.2) is 4.79 Å². The lowest BCUT2D eigenvalue weighted by molar-refractivity contribution is 0.0315. The molecular formula is C26H27NO3. The van der Waals surface area contributed by atoms with Gasteiger partial charge >= 0.3 is 6.16 Å². The van der Waals surface area contributed by atoms with Crippen LogP contribution in [0.3, 0.4) is 0 Å². The highest BCUT2D eigenvalue weighted by atomic mass is 16.7. The number of hydrogen-bond donors (Lipinski definition) is 1. The fraction of sp³-hybridized carbons (Fsp3) is 0.269. The van der Waals surface area contributed by atoms with Crippen molar-refractivity contribution in [1.29, 1.82) is 0 Å². The van der Waals surface area contributed by atoms with Crippen molar-refractivity contribution in [3.05, 3.63) is 108 Å². The summed E-state index contributed by atoms with van der Waals surface area (Å²) in [7, 11) is 0. The van der Waals surface area contributed by atoms with E-state index in [0.717, 1.165) is 0 Å². The Labute approximate surface area is 177 Å². The maximum Gasteiger partial charge on any atom is 0.508 e. The second-order valence-electron chi connectivity index (χ2n) is 7.53. The first-order valence-corrected chi connectivity index (χ1v) is 10.5. The van der Waals surface area contributed by atoms with Crippen LogP contribution in [0.5, 0.6) is 0 Å². The summed E-state index contributed by atoms with van der Waals surface area (Å²) in [5.41, 5.74) is 3.20. The van der Waals surface area contributed by atoms with Crippen LogP contribution in [-0.2, 0) is 14.9 Å². The molecule has 2 atom stereocenters. The van der Waals surface area contributed by atoms with Crippen molar-refractivity contribution in [3.8, 4) is 0 Å². The van der Waals surface area contributed by atoms with Crippen LogP contribution in [0.15, 0.2) is 91.0 Å². The molecule has 0 saturated carbocycles. The van der Waals surface area contributed by atoms with Crippen molar-refractivity contribution in [2.75, 3.05) is 13.2 Å². The summed E-state index contributed by atoms with van der Waals surface area (Å²) >= 11 is 0. The molecule has 1 heterocycles. The molecule has 1 N–H and O–H groups in total. The number of carbonyl (C=O) groups is 1. The van der Waals surface area contributed by atoms with Crippen LogP contribution >= 0.6 is 0 Å². The molecule has 0 aromatic heterocycles. The fourth-order valence-electron chi connectivity index (χ4n) is 4.62. The van der Waals surface area contributed by atoms with Gasteiger partial charge < -0.3 is 14.8 Å². The van der Waals surface area contributed by atoms with E-state index < -0.39 is 11.6 Å². The summed E-state index contributed by atoms with van der Waals surface area (Å²) in [4.78, 5) is 11.9. The Kier molecular flexibility index (Phi) is 6.15. The molecule has 4 heteroatoms. The van der Waals surface area contributed by atoms with Crippen molar-refractivity contribution < 1.29 is 14.3 Å². The largest absolute Gasteiger partial charge is 0.508 e. The van der Waals surface area contributed by atoms with E-state index in [2.05, 4.69) is 78.1 Å². The molecule has 1 saturated heterocycles. The minimum Gasteiger partial charge on any atom is -0.435 e. The van der Waals surface area contributed by atoms with E-state index in [1.807, 2.05) is 18.2 Å². The lowest BCUT2D eigenvalue weighted by atomic mass is 9.64. The molecule has 1 aliphatic rings. The monoisotopic (exact) mass is 401 g/mol. The normalized spacial score (nSPS) is 18.7. The molecule has 1 aliphatic heterocycles. The number of ether oxygens (including phenoxy) is 2. The molecule has 0 amide bonds. The number of carbonyl (C=O) groups excluding carboxylic acids is 1. The smallest absolute Gasteiger partial charge is 0.435 e. The zero-order valence-corrected chi connectivity index (χ0v) is 17.2. The summed E-state index contributed by atoms with van der Waals surface area (Å²) in [6.07, 6.45) is -0.142. The molecule has 154 valence electrons. The van der Waals surface area contributed by atoms with Gasteiger partial charge in [-0.1, -0.05) is 91.0 Å². The predicted molar refractivity (Wildman–Crippen MR) is 118 cm³/mol. The Morgan fingerprint density at radius 2 is 1.33 bits per heavy atom. The van der Waals surface area contributed by atoms with E-state index in [9.17, 15) is 4.79 Å². The fourth-order valence-corrected chi connectivity index (χ4v) is 4.62. The van der Waals surface area contributed by atoms with Gasteiger partial charge in [-0.3, -0.25) is 0 Å². The summed E-state index contributed by atoms with van der Waals surface area (Å²) < 4.78 is 10.6. The maximum absolute atomic E-state index is 11.9. The number of hydrogen-bond acceptors (Lipinski definition) is 4. The molecule has 1 unspecified atom stereocenters. The van der Waals surface area contributed by atoms with E-state index in [1.165, 1.54) is 16.7 Å². The summed E-state index contributed by atoms with van der Waals surface area (Å²) in [6, 6.07) is 31.7. The van der Waals surface area contributed by atoms with Gasteiger partial charge in [0.2, 0.25) is 0 Å². The first-order valence-electron chi connectivity index (χ1n) is 10.5. The van der Waals surface area contributed by atoms with Gasteiger partial charge in [0.1, 0.15) is 6.10 Å². The number of rotatable bonds is 6. The Morgan fingerprint density at radius 1 is 0.867 bits per heavy atom. The van der Waals surface area contributed by atoms with E-state index in [-0.39, 0.29) is 12.1 Å². The van der Waals surface area contributed by atoms with Gasteiger partial charge in [0, 0.05) is 19.0 Å². The molecule has 1 fully saturated rings. The van der Waals surface area contributed by atoms with Crippen LogP contribution in [0.4, 0.5) is 4.79 Å². The number of benzene rings is 3. The van der Waals surface area contributed by atoms with Crippen LogP contribution < -0.4 is 5.32 Å². The molecule has 4 rings (SSSR count). The van der Waals surface area contributed by atoms with E-state index >= 15 is 0 Å². The van der Waals surface area contributed by atoms with Gasteiger partial charge in [-0.2, -0.15) is 0 Å². The third kappa shape index (κ3) is 3.83. The molecule has 30 heavy (non-hydrogen) atoms. The van der Waals surface area contributed by atoms with Crippen LogP contribution in [0, 0.1) is 0 Å². The van der Waals surface area contributed by atoms with E-state index in [4.69, 9.17) is 9.47 Å². The van der Waals surface area contributed by atoms with Gasteiger partial charge in [-0.15, -0.1) is 0 Å². The Morgan fingerprint density at radius 3 is 1.77 bits per heavy atom. The Hall–Kier alpha value is -3.11. The van der Waals surface area contributed by atoms with Gasteiger partial charge in [0.25, 0.3) is 0 Å². The summed E-state index contributed by atoms with van der Waals surface area (Å²) in [5.74, 6) is 0. The minimum atomic E-state index is -0.602.